The molecule has 8 heteroatoms. The van der Waals surface area contributed by atoms with Crippen LogP contribution in [0.5, 0.6) is 0 Å². The Balaban J connectivity index is 2.92. The Morgan fingerprint density at radius 3 is 2.50 bits per heavy atom. The fourth-order valence-electron chi connectivity index (χ4n) is 2.35. The van der Waals surface area contributed by atoms with Gasteiger partial charge in [-0.05, 0) is 37.7 Å². The van der Waals surface area contributed by atoms with E-state index in [0.717, 1.165) is 0 Å². The van der Waals surface area contributed by atoms with E-state index in [1.165, 1.54) is 6.08 Å². The lowest BCUT2D eigenvalue weighted by Crippen LogP contribution is -2.60. The van der Waals surface area contributed by atoms with Gasteiger partial charge in [0.05, 0.1) is 6.61 Å². The van der Waals surface area contributed by atoms with E-state index in [4.69, 9.17) is 14.6 Å². The number of unbranched alkanes of at least 4 members (excludes halogenated alkanes) is 1. The topological polar surface area (TPSA) is 140 Å². The molecule has 1 aliphatic heterocycles. The average Bonchev–Trinajstić information content (AvgIpc) is 2.69. The molecule has 1 aliphatic rings. The molecule has 156 valence electrons. The van der Waals surface area contributed by atoms with Crippen LogP contribution in [-0.2, 0) is 9.47 Å². The second-order valence-electron chi connectivity index (χ2n) is 6.08. The molecule has 0 aromatic rings. The summed E-state index contributed by atoms with van der Waals surface area (Å²) >= 11 is 0. The molecule has 0 aromatic heterocycles. The van der Waals surface area contributed by atoms with Crippen LogP contribution in [0.1, 0.15) is 19.8 Å². The van der Waals surface area contributed by atoms with E-state index in [2.05, 4.69) is 23.7 Å². The van der Waals surface area contributed by atoms with Gasteiger partial charge in [-0.1, -0.05) is 30.1 Å². The van der Waals surface area contributed by atoms with Crippen LogP contribution in [0.15, 0.2) is 24.3 Å². The second kappa shape index (κ2) is 13.5. The van der Waals surface area contributed by atoms with E-state index in [-0.39, 0.29) is 6.61 Å². The second-order valence-corrected chi connectivity index (χ2v) is 6.08. The Labute approximate surface area is 164 Å². The summed E-state index contributed by atoms with van der Waals surface area (Å²) in [7, 11) is 0. The van der Waals surface area contributed by atoms with E-state index in [1.807, 2.05) is 0 Å². The standard InChI is InChI=1S/C20H28O8/c1-2-3-4-5-7-10-14(23)15(11-8-6-9-12-21)27-20-19(26)18(25)17(24)16(13-22)28-20/h2-3,8,11,14-26H,6,9,12-13H2,1H3/t14-,15-,16-,17-,18+,19-,20-/m1/s1. The number of aliphatic hydroxyl groups is 6. The van der Waals surface area contributed by atoms with Crippen molar-refractivity contribution in [2.24, 2.45) is 0 Å². The molecule has 0 aliphatic carbocycles. The zero-order valence-electron chi connectivity index (χ0n) is 15.7. The summed E-state index contributed by atoms with van der Waals surface area (Å²) in [5, 5.41) is 58.2. The first kappa shape index (κ1) is 24.3. The van der Waals surface area contributed by atoms with Gasteiger partial charge in [0, 0.05) is 6.61 Å². The zero-order chi connectivity index (χ0) is 20.9. The van der Waals surface area contributed by atoms with Crippen molar-refractivity contribution in [1.82, 2.24) is 0 Å². The maximum atomic E-state index is 10.3. The zero-order valence-corrected chi connectivity index (χ0v) is 15.7. The number of hydrogen-bond donors (Lipinski definition) is 6. The lowest BCUT2D eigenvalue weighted by molar-refractivity contribution is -0.311. The van der Waals surface area contributed by atoms with Crippen LogP contribution in [0.3, 0.4) is 0 Å². The molecule has 1 fully saturated rings. The predicted molar refractivity (Wildman–Crippen MR) is 100 cm³/mol. The number of ether oxygens (including phenoxy) is 2. The Morgan fingerprint density at radius 1 is 1.11 bits per heavy atom. The number of aliphatic hydroxyl groups excluding tert-OH is 6. The molecule has 0 amide bonds. The van der Waals surface area contributed by atoms with Crippen molar-refractivity contribution in [2.45, 2.75) is 62.7 Å². The smallest absolute Gasteiger partial charge is 0.187 e. The van der Waals surface area contributed by atoms with Crippen molar-refractivity contribution >= 4 is 0 Å². The highest BCUT2D eigenvalue weighted by atomic mass is 16.7. The van der Waals surface area contributed by atoms with E-state index in [0.29, 0.717) is 12.8 Å². The molecule has 0 aromatic carbocycles. The quantitative estimate of drug-likeness (QED) is 0.165. The van der Waals surface area contributed by atoms with Gasteiger partial charge >= 0.3 is 0 Å². The van der Waals surface area contributed by atoms with Gasteiger partial charge in [-0.2, -0.15) is 0 Å². The summed E-state index contributed by atoms with van der Waals surface area (Å²) < 4.78 is 10.9. The molecular weight excluding hydrogens is 368 g/mol. The van der Waals surface area contributed by atoms with Crippen molar-refractivity contribution in [1.29, 1.82) is 0 Å². The first-order valence-corrected chi connectivity index (χ1v) is 9.00. The monoisotopic (exact) mass is 396 g/mol. The summed E-state index contributed by atoms with van der Waals surface area (Å²) in [6.07, 6.45) is -2.07. The fraction of sp³-hybridized carbons (Fsp3) is 0.600. The Hall–Kier alpha value is -1.72. The maximum absolute atomic E-state index is 10.3. The van der Waals surface area contributed by atoms with Crippen molar-refractivity contribution < 1.29 is 40.1 Å². The van der Waals surface area contributed by atoms with Gasteiger partial charge in [-0.3, -0.25) is 0 Å². The van der Waals surface area contributed by atoms with Crippen LogP contribution in [0, 0.1) is 23.7 Å². The van der Waals surface area contributed by atoms with Gasteiger partial charge in [-0.15, -0.1) is 0 Å². The minimum absolute atomic E-state index is 0.00543. The summed E-state index contributed by atoms with van der Waals surface area (Å²) in [6.45, 7) is 1.22. The molecule has 1 heterocycles. The third-order valence-corrected chi connectivity index (χ3v) is 3.91. The first-order valence-electron chi connectivity index (χ1n) is 9.00. The molecule has 0 bridgehead atoms. The fourth-order valence-corrected chi connectivity index (χ4v) is 2.35. The maximum Gasteiger partial charge on any atom is 0.187 e. The molecule has 7 atom stereocenters. The molecule has 1 saturated heterocycles. The molecule has 0 saturated carbocycles. The van der Waals surface area contributed by atoms with Gasteiger partial charge in [0.15, 0.2) is 6.29 Å². The Bertz CT molecular complexity index is 622. The number of allylic oxidation sites excluding steroid dienone is 3. The van der Waals surface area contributed by atoms with Crippen LogP contribution >= 0.6 is 0 Å². The van der Waals surface area contributed by atoms with Crippen LogP contribution in [0.25, 0.3) is 0 Å². The normalized spacial score (nSPS) is 29.8. The van der Waals surface area contributed by atoms with Crippen molar-refractivity contribution in [2.75, 3.05) is 13.2 Å². The van der Waals surface area contributed by atoms with E-state index in [9.17, 15) is 25.5 Å². The molecule has 0 unspecified atom stereocenters. The minimum atomic E-state index is -1.60. The van der Waals surface area contributed by atoms with Gasteiger partial charge in [0.2, 0.25) is 0 Å². The van der Waals surface area contributed by atoms with E-state index < -0.39 is 49.5 Å². The predicted octanol–water partition coefficient (Wildman–Crippen LogP) is -1.56. The number of hydrogen-bond acceptors (Lipinski definition) is 8. The third kappa shape index (κ3) is 7.72. The molecule has 6 N–H and O–H groups in total. The third-order valence-electron chi connectivity index (χ3n) is 3.91. The van der Waals surface area contributed by atoms with Crippen molar-refractivity contribution in [3.63, 3.8) is 0 Å². The SMILES string of the molecule is CC=CC#CC#C[C@@H](O)[C@@H](C=CCCCO)O[C@@H]1O[C@H](CO)[C@@H](O)[C@H](O)[C@H]1O. The van der Waals surface area contributed by atoms with Gasteiger partial charge in [0.25, 0.3) is 0 Å². The Kier molecular flexibility index (Phi) is 11.7. The highest BCUT2D eigenvalue weighted by molar-refractivity contribution is 5.32. The van der Waals surface area contributed by atoms with Crippen LogP contribution in [0.4, 0.5) is 0 Å². The first-order chi connectivity index (χ1) is 13.5. The van der Waals surface area contributed by atoms with Gasteiger partial charge in [-0.25, -0.2) is 0 Å². The number of rotatable bonds is 8. The molecule has 0 spiro atoms. The largest absolute Gasteiger partial charge is 0.396 e. The Morgan fingerprint density at radius 2 is 1.86 bits per heavy atom. The van der Waals surface area contributed by atoms with E-state index in [1.54, 1.807) is 25.2 Å². The van der Waals surface area contributed by atoms with Crippen LogP contribution in [0.2, 0.25) is 0 Å². The van der Waals surface area contributed by atoms with Gasteiger partial charge in [0.1, 0.15) is 36.6 Å². The summed E-state index contributed by atoms with van der Waals surface area (Å²) in [4.78, 5) is 0. The average molecular weight is 396 g/mol. The summed E-state index contributed by atoms with van der Waals surface area (Å²) in [6, 6.07) is 0. The van der Waals surface area contributed by atoms with Crippen molar-refractivity contribution in [3.05, 3.63) is 24.3 Å². The van der Waals surface area contributed by atoms with Gasteiger partial charge < -0.3 is 40.1 Å². The summed E-state index contributed by atoms with van der Waals surface area (Å²) in [5.41, 5.74) is 0. The molecule has 0 radical (unpaired) electrons. The molecular formula is C20H28O8. The lowest BCUT2D eigenvalue weighted by Gasteiger charge is -2.40. The van der Waals surface area contributed by atoms with Crippen molar-refractivity contribution in [3.8, 4) is 23.7 Å². The van der Waals surface area contributed by atoms with Crippen LogP contribution in [-0.4, -0.2) is 86.8 Å². The van der Waals surface area contributed by atoms with E-state index >= 15 is 0 Å². The highest BCUT2D eigenvalue weighted by Gasteiger charge is 2.45. The molecule has 8 nitrogen and oxygen atoms in total. The summed E-state index contributed by atoms with van der Waals surface area (Å²) in [5.74, 6) is 10.2. The molecule has 28 heavy (non-hydrogen) atoms. The highest BCUT2D eigenvalue weighted by Crippen LogP contribution is 2.23. The van der Waals surface area contributed by atoms with Crippen LogP contribution < -0.4 is 0 Å². The lowest BCUT2D eigenvalue weighted by atomic mass is 9.99. The molecule has 1 rings (SSSR count). The minimum Gasteiger partial charge on any atom is -0.396 e.